The molecule has 1 saturated heterocycles. The van der Waals surface area contributed by atoms with E-state index in [1.54, 1.807) is 6.07 Å². The van der Waals surface area contributed by atoms with Gasteiger partial charge in [-0.05, 0) is 37.1 Å². The molecule has 0 radical (unpaired) electrons. The van der Waals surface area contributed by atoms with Crippen molar-refractivity contribution in [3.63, 3.8) is 0 Å². The molecule has 1 heterocycles. The maximum Gasteiger partial charge on any atom is 0.335 e. The SMILES string of the molecule is Cc1cc(N2CCSC(C)(C)CC2)ccc1C(=O)O. The van der Waals surface area contributed by atoms with Crippen molar-refractivity contribution in [1.29, 1.82) is 0 Å². The van der Waals surface area contributed by atoms with Crippen LogP contribution in [-0.4, -0.2) is 34.7 Å². The van der Waals surface area contributed by atoms with E-state index in [-0.39, 0.29) is 0 Å². The van der Waals surface area contributed by atoms with E-state index in [0.29, 0.717) is 10.3 Å². The van der Waals surface area contributed by atoms with Crippen LogP contribution in [0.4, 0.5) is 5.69 Å². The molecule has 0 aliphatic carbocycles. The number of aryl methyl sites for hydroxylation is 1. The highest BCUT2D eigenvalue weighted by Gasteiger charge is 2.24. The Morgan fingerprint density at radius 2 is 2.11 bits per heavy atom. The van der Waals surface area contributed by atoms with Crippen molar-refractivity contribution in [2.24, 2.45) is 0 Å². The molecule has 19 heavy (non-hydrogen) atoms. The number of benzene rings is 1. The van der Waals surface area contributed by atoms with Crippen molar-refractivity contribution in [1.82, 2.24) is 0 Å². The average molecular weight is 279 g/mol. The summed E-state index contributed by atoms with van der Waals surface area (Å²) >= 11 is 2.02. The summed E-state index contributed by atoms with van der Waals surface area (Å²) in [5, 5.41) is 9.06. The summed E-state index contributed by atoms with van der Waals surface area (Å²) in [6.07, 6.45) is 1.15. The molecule has 0 bridgehead atoms. The van der Waals surface area contributed by atoms with Gasteiger partial charge in [-0.3, -0.25) is 0 Å². The molecule has 1 N–H and O–H groups in total. The lowest BCUT2D eigenvalue weighted by Crippen LogP contribution is -2.27. The molecule has 0 amide bonds. The second kappa shape index (κ2) is 5.45. The molecule has 0 unspecified atom stereocenters. The first kappa shape index (κ1) is 14.3. The predicted molar refractivity (Wildman–Crippen MR) is 81.5 cm³/mol. The van der Waals surface area contributed by atoms with E-state index >= 15 is 0 Å². The largest absolute Gasteiger partial charge is 0.478 e. The highest BCUT2D eigenvalue weighted by molar-refractivity contribution is 8.00. The summed E-state index contributed by atoms with van der Waals surface area (Å²) < 4.78 is 0.338. The van der Waals surface area contributed by atoms with E-state index in [4.69, 9.17) is 5.11 Å². The van der Waals surface area contributed by atoms with Crippen LogP contribution in [0.2, 0.25) is 0 Å². The Morgan fingerprint density at radius 1 is 1.37 bits per heavy atom. The third kappa shape index (κ3) is 3.44. The highest BCUT2D eigenvalue weighted by atomic mass is 32.2. The Bertz CT molecular complexity index is 485. The number of nitrogens with zero attached hydrogens (tertiary/aromatic N) is 1. The van der Waals surface area contributed by atoms with Crippen molar-refractivity contribution >= 4 is 23.4 Å². The van der Waals surface area contributed by atoms with Gasteiger partial charge in [0.25, 0.3) is 0 Å². The molecule has 1 aromatic carbocycles. The van der Waals surface area contributed by atoms with Gasteiger partial charge in [-0.1, -0.05) is 13.8 Å². The smallest absolute Gasteiger partial charge is 0.335 e. The fraction of sp³-hybridized carbons (Fsp3) is 0.533. The molecule has 0 spiro atoms. The Labute approximate surface area is 119 Å². The lowest BCUT2D eigenvalue weighted by atomic mass is 10.1. The summed E-state index contributed by atoms with van der Waals surface area (Å²) in [5.74, 6) is 0.267. The first-order chi connectivity index (χ1) is 8.89. The molecule has 0 saturated carbocycles. The quantitative estimate of drug-likeness (QED) is 0.900. The van der Waals surface area contributed by atoms with Gasteiger partial charge in [0.2, 0.25) is 0 Å². The summed E-state index contributed by atoms with van der Waals surface area (Å²) in [6, 6.07) is 5.64. The number of hydrogen-bond acceptors (Lipinski definition) is 3. The van der Waals surface area contributed by atoms with Gasteiger partial charge in [-0.15, -0.1) is 0 Å². The van der Waals surface area contributed by atoms with Gasteiger partial charge in [0, 0.05) is 29.3 Å². The zero-order valence-electron chi connectivity index (χ0n) is 11.8. The van der Waals surface area contributed by atoms with Gasteiger partial charge < -0.3 is 10.0 Å². The van der Waals surface area contributed by atoms with Crippen LogP contribution in [0.3, 0.4) is 0 Å². The minimum Gasteiger partial charge on any atom is -0.478 e. The van der Waals surface area contributed by atoms with Crippen LogP contribution in [0, 0.1) is 6.92 Å². The van der Waals surface area contributed by atoms with Gasteiger partial charge in [0.05, 0.1) is 5.56 Å². The molecule has 1 aliphatic rings. The molecule has 0 atom stereocenters. The second-order valence-electron chi connectivity index (χ2n) is 5.65. The van der Waals surface area contributed by atoms with Gasteiger partial charge in [0.1, 0.15) is 0 Å². The number of carbonyl (C=O) groups is 1. The van der Waals surface area contributed by atoms with E-state index < -0.39 is 5.97 Å². The number of rotatable bonds is 2. The van der Waals surface area contributed by atoms with E-state index in [9.17, 15) is 4.79 Å². The lowest BCUT2D eigenvalue weighted by Gasteiger charge is -2.24. The summed E-state index contributed by atoms with van der Waals surface area (Å²) in [6.45, 7) is 8.51. The highest BCUT2D eigenvalue weighted by Crippen LogP contribution is 2.32. The Hall–Kier alpha value is -1.16. The van der Waals surface area contributed by atoms with E-state index in [1.807, 2.05) is 30.8 Å². The number of aromatic carboxylic acids is 1. The second-order valence-corrected chi connectivity index (χ2v) is 7.45. The van der Waals surface area contributed by atoms with Crippen molar-refractivity contribution in [3.05, 3.63) is 29.3 Å². The third-order valence-electron chi connectivity index (χ3n) is 3.64. The monoisotopic (exact) mass is 279 g/mol. The lowest BCUT2D eigenvalue weighted by molar-refractivity contribution is 0.0696. The summed E-state index contributed by atoms with van der Waals surface area (Å²) in [5.41, 5.74) is 2.37. The Balaban J connectivity index is 2.18. The minimum atomic E-state index is -0.850. The van der Waals surface area contributed by atoms with Crippen LogP contribution < -0.4 is 4.90 Å². The Morgan fingerprint density at radius 3 is 2.74 bits per heavy atom. The molecule has 4 heteroatoms. The average Bonchev–Trinajstić information content (AvgIpc) is 2.49. The van der Waals surface area contributed by atoms with Gasteiger partial charge in [-0.2, -0.15) is 11.8 Å². The van der Waals surface area contributed by atoms with Crippen LogP contribution in [0.25, 0.3) is 0 Å². The van der Waals surface area contributed by atoms with Crippen LogP contribution in [0.15, 0.2) is 18.2 Å². The van der Waals surface area contributed by atoms with Crippen LogP contribution >= 0.6 is 11.8 Å². The number of carboxylic acid groups (broad SMARTS) is 1. The van der Waals surface area contributed by atoms with Crippen molar-refractivity contribution < 1.29 is 9.90 Å². The Kier molecular flexibility index (Phi) is 4.09. The molecule has 0 aromatic heterocycles. The fourth-order valence-corrected chi connectivity index (χ4v) is 3.46. The zero-order valence-corrected chi connectivity index (χ0v) is 12.6. The number of hydrogen-bond donors (Lipinski definition) is 1. The van der Waals surface area contributed by atoms with Crippen molar-refractivity contribution in [3.8, 4) is 0 Å². The van der Waals surface area contributed by atoms with Crippen LogP contribution in [0.1, 0.15) is 36.2 Å². The molecule has 1 aromatic rings. The van der Waals surface area contributed by atoms with Crippen molar-refractivity contribution in [2.75, 3.05) is 23.7 Å². The van der Waals surface area contributed by atoms with Crippen molar-refractivity contribution in [2.45, 2.75) is 31.9 Å². The van der Waals surface area contributed by atoms with Crippen LogP contribution in [0.5, 0.6) is 0 Å². The van der Waals surface area contributed by atoms with E-state index in [2.05, 4.69) is 18.7 Å². The summed E-state index contributed by atoms with van der Waals surface area (Å²) in [4.78, 5) is 13.4. The molecule has 104 valence electrons. The maximum atomic E-state index is 11.0. The summed E-state index contributed by atoms with van der Waals surface area (Å²) in [7, 11) is 0. The van der Waals surface area contributed by atoms with Gasteiger partial charge >= 0.3 is 5.97 Å². The third-order valence-corrected chi connectivity index (χ3v) is 5.02. The van der Waals surface area contributed by atoms with E-state index in [0.717, 1.165) is 36.5 Å². The number of carboxylic acids is 1. The number of anilines is 1. The zero-order chi connectivity index (χ0) is 14.0. The minimum absolute atomic E-state index is 0.338. The maximum absolute atomic E-state index is 11.0. The molecule has 1 aliphatic heterocycles. The topological polar surface area (TPSA) is 40.5 Å². The van der Waals surface area contributed by atoms with Gasteiger partial charge in [0.15, 0.2) is 0 Å². The van der Waals surface area contributed by atoms with Crippen LogP contribution in [-0.2, 0) is 0 Å². The number of thioether (sulfide) groups is 1. The predicted octanol–water partition coefficient (Wildman–Crippen LogP) is 3.42. The molecular weight excluding hydrogens is 258 g/mol. The molecule has 1 fully saturated rings. The fourth-order valence-electron chi connectivity index (χ4n) is 2.36. The normalized spacial score (nSPS) is 19.0. The standard InChI is InChI=1S/C15H21NO2S/c1-11-10-12(4-5-13(11)14(17)18)16-7-6-15(2,3)19-9-8-16/h4-5,10H,6-9H2,1-3H3,(H,17,18). The first-order valence-corrected chi connectivity index (χ1v) is 7.60. The molecule has 3 nitrogen and oxygen atoms in total. The molecular formula is C15H21NO2S. The van der Waals surface area contributed by atoms with Gasteiger partial charge in [-0.25, -0.2) is 4.79 Å². The first-order valence-electron chi connectivity index (χ1n) is 6.62. The molecule has 2 rings (SSSR count). The van der Waals surface area contributed by atoms with E-state index in [1.165, 1.54) is 0 Å².